The molecule has 0 saturated carbocycles. The normalized spacial score (nSPS) is 22.0. The molecule has 0 aliphatic carbocycles. The molecular formula is C14H25N3S. The predicted molar refractivity (Wildman–Crippen MR) is 78.6 cm³/mol. The lowest BCUT2D eigenvalue weighted by molar-refractivity contribution is 0.0852. The van der Waals surface area contributed by atoms with Crippen LogP contribution in [0.2, 0.25) is 0 Å². The molecule has 2 atom stereocenters. The lowest BCUT2D eigenvalue weighted by atomic mass is 9.86. The van der Waals surface area contributed by atoms with Crippen molar-refractivity contribution in [1.82, 2.24) is 10.3 Å². The van der Waals surface area contributed by atoms with Crippen LogP contribution in [0.4, 0.5) is 0 Å². The summed E-state index contributed by atoms with van der Waals surface area (Å²) in [5.74, 6) is 5.89. The summed E-state index contributed by atoms with van der Waals surface area (Å²) in [7, 11) is 0. The van der Waals surface area contributed by atoms with Crippen molar-refractivity contribution in [2.24, 2.45) is 5.84 Å². The molecule has 1 saturated heterocycles. The third-order valence-corrected chi connectivity index (χ3v) is 5.58. The molecule has 1 fully saturated rings. The first kappa shape index (κ1) is 14.0. The largest absolute Gasteiger partial charge is 0.296 e. The molecule has 0 bridgehead atoms. The molecule has 1 aliphatic heterocycles. The van der Waals surface area contributed by atoms with Crippen LogP contribution in [0, 0.1) is 6.92 Å². The quantitative estimate of drug-likeness (QED) is 0.637. The predicted octanol–water partition coefficient (Wildman–Crippen LogP) is 2.83. The molecule has 0 amide bonds. The summed E-state index contributed by atoms with van der Waals surface area (Å²) in [6, 6.07) is 2.41. The van der Waals surface area contributed by atoms with Gasteiger partial charge in [-0.25, -0.2) is 0 Å². The summed E-state index contributed by atoms with van der Waals surface area (Å²) in [6.45, 7) is 9.20. The first-order chi connectivity index (χ1) is 8.63. The van der Waals surface area contributed by atoms with Crippen LogP contribution in [0.25, 0.3) is 0 Å². The van der Waals surface area contributed by atoms with Crippen LogP contribution < -0.4 is 11.3 Å². The molecule has 1 aromatic heterocycles. The maximum atomic E-state index is 5.89. The van der Waals surface area contributed by atoms with Crippen molar-refractivity contribution < 1.29 is 0 Å². The second kappa shape index (κ2) is 5.70. The van der Waals surface area contributed by atoms with Gasteiger partial charge in [-0.1, -0.05) is 6.92 Å². The standard InChI is InChI=1S/C14H25N3S/c1-4-14(3,17-8-5-6-9-17)13(16-15)12-11(2)7-10-18-12/h7,10,13,16H,4-6,8-9,15H2,1-3H3. The van der Waals surface area contributed by atoms with E-state index in [-0.39, 0.29) is 11.6 Å². The first-order valence-electron chi connectivity index (χ1n) is 6.88. The van der Waals surface area contributed by atoms with E-state index in [0.29, 0.717) is 0 Å². The van der Waals surface area contributed by atoms with Gasteiger partial charge in [0.05, 0.1) is 6.04 Å². The minimum atomic E-state index is 0.112. The number of rotatable bonds is 5. The number of nitrogens with zero attached hydrogens (tertiary/aromatic N) is 1. The van der Waals surface area contributed by atoms with Crippen LogP contribution >= 0.6 is 11.3 Å². The van der Waals surface area contributed by atoms with Gasteiger partial charge in [0.2, 0.25) is 0 Å². The third-order valence-electron chi connectivity index (χ3n) is 4.50. The van der Waals surface area contributed by atoms with Crippen molar-refractivity contribution >= 4 is 11.3 Å². The van der Waals surface area contributed by atoms with E-state index in [4.69, 9.17) is 5.84 Å². The smallest absolute Gasteiger partial charge is 0.0736 e. The Labute approximate surface area is 114 Å². The number of likely N-dealkylation sites (tertiary alicyclic amines) is 1. The molecule has 0 spiro atoms. The molecule has 1 aromatic rings. The van der Waals surface area contributed by atoms with E-state index in [1.54, 1.807) is 0 Å². The van der Waals surface area contributed by atoms with E-state index in [2.05, 4.69) is 42.5 Å². The summed E-state index contributed by atoms with van der Waals surface area (Å²) in [5.41, 5.74) is 4.54. The van der Waals surface area contributed by atoms with Crippen molar-refractivity contribution in [1.29, 1.82) is 0 Å². The molecule has 4 heteroatoms. The SMILES string of the molecule is CCC(C)(C(NN)c1sccc1C)N1CCCC1. The van der Waals surface area contributed by atoms with Gasteiger partial charge >= 0.3 is 0 Å². The molecule has 3 nitrogen and oxygen atoms in total. The van der Waals surface area contributed by atoms with Gasteiger partial charge in [-0.2, -0.15) is 0 Å². The number of nitrogens with two attached hydrogens (primary N) is 1. The van der Waals surface area contributed by atoms with E-state index >= 15 is 0 Å². The number of nitrogens with one attached hydrogen (secondary N) is 1. The molecule has 2 heterocycles. The maximum absolute atomic E-state index is 5.89. The van der Waals surface area contributed by atoms with Gasteiger partial charge < -0.3 is 0 Å². The number of hydrogen-bond donors (Lipinski definition) is 2. The average Bonchev–Trinajstić information content (AvgIpc) is 3.02. The average molecular weight is 267 g/mol. The fourth-order valence-corrected chi connectivity index (χ4v) is 4.19. The van der Waals surface area contributed by atoms with Gasteiger partial charge in [0, 0.05) is 10.4 Å². The summed E-state index contributed by atoms with van der Waals surface area (Å²) >= 11 is 1.81. The molecule has 3 N–H and O–H groups in total. The lowest BCUT2D eigenvalue weighted by Crippen LogP contribution is -2.54. The number of aryl methyl sites for hydroxylation is 1. The zero-order valence-corrected chi connectivity index (χ0v) is 12.5. The van der Waals surface area contributed by atoms with Crippen LogP contribution in [-0.2, 0) is 0 Å². The molecule has 18 heavy (non-hydrogen) atoms. The van der Waals surface area contributed by atoms with Crippen LogP contribution in [0.15, 0.2) is 11.4 Å². The first-order valence-corrected chi connectivity index (χ1v) is 7.76. The minimum Gasteiger partial charge on any atom is -0.296 e. The molecule has 1 aliphatic rings. The summed E-state index contributed by atoms with van der Waals surface area (Å²) in [5, 5.41) is 2.16. The highest BCUT2D eigenvalue weighted by Gasteiger charge is 2.40. The Morgan fingerprint density at radius 1 is 1.50 bits per heavy atom. The fourth-order valence-electron chi connectivity index (χ4n) is 3.06. The van der Waals surface area contributed by atoms with Crippen LogP contribution in [-0.4, -0.2) is 23.5 Å². The Morgan fingerprint density at radius 2 is 2.17 bits per heavy atom. The molecular weight excluding hydrogens is 242 g/mol. The van der Waals surface area contributed by atoms with Crippen LogP contribution in [0.3, 0.4) is 0 Å². The highest BCUT2D eigenvalue weighted by atomic mass is 32.1. The van der Waals surface area contributed by atoms with E-state index in [0.717, 1.165) is 6.42 Å². The zero-order chi connectivity index (χ0) is 13.2. The van der Waals surface area contributed by atoms with Gasteiger partial charge in [-0.05, 0) is 63.2 Å². The Kier molecular flexibility index (Phi) is 4.43. The highest BCUT2D eigenvalue weighted by Crippen LogP contribution is 2.39. The van der Waals surface area contributed by atoms with Crippen LogP contribution in [0.1, 0.15) is 49.6 Å². The van der Waals surface area contributed by atoms with Crippen LogP contribution in [0.5, 0.6) is 0 Å². The second-order valence-electron chi connectivity index (χ2n) is 5.47. The lowest BCUT2D eigenvalue weighted by Gasteiger charge is -2.44. The summed E-state index contributed by atoms with van der Waals surface area (Å²) in [4.78, 5) is 3.99. The van der Waals surface area contributed by atoms with Crippen molar-refractivity contribution in [3.8, 4) is 0 Å². The second-order valence-corrected chi connectivity index (χ2v) is 6.42. The van der Waals surface area contributed by atoms with E-state index < -0.39 is 0 Å². The van der Waals surface area contributed by atoms with Gasteiger partial charge in [0.15, 0.2) is 0 Å². The summed E-state index contributed by atoms with van der Waals surface area (Å²) in [6.07, 6.45) is 3.74. The molecule has 0 radical (unpaired) electrons. The van der Waals surface area contributed by atoms with Crippen molar-refractivity contribution in [2.45, 2.75) is 51.6 Å². The highest BCUT2D eigenvalue weighted by molar-refractivity contribution is 7.10. The minimum absolute atomic E-state index is 0.112. The Bertz CT molecular complexity index is 384. The van der Waals surface area contributed by atoms with Crippen molar-refractivity contribution in [3.63, 3.8) is 0 Å². The zero-order valence-electron chi connectivity index (χ0n) is 11.7. The Morgan fingerprint density at radius 3 is 2.61 bits per heavy atom. The van der Waals surface area contributed by atoms with E-state index in [1.807, 2.05) is 11.3 Å². The van der Waals surface area contributed by atoms with Gasteiger partial charge in [0.1, 0.15) is 0 Å². The fraction of sp³-hybridized carbons (Fsp3) is 0.714. The monoisotopic (exact) mass is 267 g/mol. The van der Waals surface area contributed by atoms with Gasteiger partial charge in [-0.3, -0.25) is 16.2 Å². The third kappa shape index (κ3) is 2.35. The summed E-state index contributed by atoms with van der Waals surface area (Å²) < 4.78 is 0. The van der Waals surface area contributed by atoms with E-state index in [1.165, 1.54) is 36.4 Å². The number of thiophene rings is 1. The van der Waals surface area contributed by atoms with Crippen molar-refractivity contribution in [3.05, 3.63) is 21.9 Å². The number of hydrazine groups is 1. The number of hydrogen-bond acceptors (Lipinski definition) is 4. The molecule has 2 unspecified atom stereocenters. The van der Waals surface area contributed by atoms with Crippen molar-refractivity contribution in [2.75, 3.05) is 13.1 Å². The molecule has 102 valence electrons. The molecule has 0 aromatic carbocycles. The van der Waals surface area contributed by atoms with E-state index in [9.17, 15) is 0 Å². The van der Waals surface area contributed by atoms with Gasteiger partial charge in [0.25, 0.3) is 0 Å². The maximum Gasteiger partial charge on any atom is 0.0736 e. The molecule has 2 rings (SSSR count). The Hall–Kier alpha value is -0.420. The topological polar surface area (TPSA) is 41.3 Å². The van der Waals surface area contributed by atoms with Gasteiger partial charge in [-0.15, -0.1) is 11.3 Å². The Balaban J connectivity index is 2.31.